The second-order valence-corrected chi connectivity index (χ2v) is 11.5. The average molecular weight is 569 g/mol. The Morgan fingerprint density at radius 1 is 1.10 bits per heavy atom. The van der Waals surface area contributed by atoms with E-state index in [1.165, 1.54) is 25.6 Å². The molecule has 0 spiro atoms. The van der Waals surface area contributed by atoms with Crippen LogP contribution in [-0.4, -0.2) is 46.4 Å². The van der Waals surface area contributed by atoms with Gasteiger partial charge in [-0.2, -0.15) is 5.26 Å². The number of fused-ring (bicyclic) bond motifs is 1. The fourth-order valence-corrected chi connectivity index (χ4v) is 6.99. The van der Waals surface area contributed by atoms with Crippen molar-refractivity contribution >= 4 is 44.9 Å². The minimum absolute atomic E-state index is 0.158. The highest BCUT2D eigenvalue weighted by Gasteiger charge is 2.34. The van der Waals surface area contributed by atoms with Gasteiger partial charge in [0.05, 0.1) is 36.2 Å². The lowest BCUT2D eigenvalue weighted by molar-refractivity contribution is -0.146. The van der Waals surface area contributed by atoms with Crippen LogP contribution in [0.1, 0.15) is 4.88 Å². The molecule has 200 valence electrons. The molecule has 10 heteroatoms. The zero-order valence-corrected chi connectivity index (χ0v) is 23.4. The minimum atomic E-state index is -1.67. The molecule has 6 rings (SSSR count). The predicted octanol–water partition coefficient (Wildman–Crippen LogP) is 5.49. The zero-order chi connectivity index (χ0) is 27.8. The lowest BCUT2D eigenvalue weighted by Gasteiger charge is -2.39. The van der Waals surface area contributed by atoms with Crippen molar-refractivity contribution in [3.63, 3.8) is 0 Å². The SMILES string of the molecule is COC(=O)C1CN(c2cccc(-c3c(-c4ccsc4C#N)c4ccccc4n3S(=O)c3ccc(OC)nc3)c2)C1. The Morgan fingerprint density at radius 3 is 2.65 bits per heavy atom. The van der Waals surface area contributed by atoms with Gasteiger partial charge in [-0.25, -0.2) is 9.19 Å². The number of esters is 1. The van der Waals surface area contributed by atoms with Crippen molar-refractivity contribution in [2.24, 2.45) is 5.92 Å². The highest BCUT2D eigenvalue weighted by atomic mass is 32.2. The summed E-state index contributed by atoms with van der Waals surface area (Å²) in [5.41, 5.74) is 4.94. The third-order valence-electron chi connectivity index (χ3n) is 7.05. The summed E-state index contributed by atoms with van der Waals surface area (Å²) in [6.45, 7) is 1.14. The van der Waals surface area contributed by atoms with Gasteiger partial charge in [-0.1, -0.05) is 30.3 Å². The van der Waals surface area contributed by atoms with Gasteiger partial charge in [0, 0.05) is 53.1 Å². The summed E-state index contributed by atoms with van der Waals surface area (Å²) in [5.74, 6) is 0.0676. The number of para-hydroxylation sites is 1. The van der Waals surface area contributed by atoms with Gasteiger partial charge in [0.15, 0.2) is 11.0 Å². The Morgan fingerprint density at radius 2 is 1.93 bits per heavy atom. The van der Waals surface area contributed by atoms with E-state index in [0.717, 1.165) is 39.0 Å². The molecule has 0 saturated carbocycles. The lowest BCUT2D eigenvalue weighted by Crippen LogP contribution is -2.50. The fraction of sp³-hybridized carbons (Fsp3) is 0.167. The van der Waals surface area contributed by atoms with E-state index in [2.05, 4.69) is 16.0 Å². The van der Waals surface area contributed by atoms with Crippen LogP contribution in [0.2, 0.25) is 0 Å². The first-order valence-corrected chi connectivity index (χ1v) is 14.5. The summed E-state index contributed by atoms with van der Waals surface area (Å²) >= 11 is 1.38. The summed E-state index contributed by atoms with van der Waals surface area (Å²) in [4.78, 5) is 19.5. The molecule has 8 nitrogen and oxygen atoms in total. The number of hydrogen-bond acceptors (Lipinski definition) is 8. The van der Waals surface area contributed by atoms with Crippen LogP contribution in [-0.2, 0) is 20.5 Å². The molecule has 1 aliphatic rings. The van der Waals surface area contributed by atoms with Crippen LogP contribution in [0.3, 0.4) is 0 Å². The highest BCUT2D eigenvalue weighted by Crippen LogP contribution is 2.45. The van der Waals surface area contributed by atoms with Crippen molar-refractivity contribution in [3.05, 3.63) is 83.2 Å². The van der Waals surface area contributed by atoms with Gasteiger partial charge in [0.25, 0.3) is 0 Å². The van der Waals surface area contributed by atoms with Gasteiger partial charge in [0.1, 0.15) is 10.9 Å². The molecule has 0 aliphatic carbocycles. The summed E-state index contributed by atoms with van der Waals surface area (Å²) in [5, 5.41) is 12.7. The van der Waals surface area contributed by atoms with Gasteiger partial charge in [-0.05, 0) is 35.7 Å². The largest absolute Gasteiger partial charge is 0.481 e. The van der Waals surface area contributed by atoms with Crippen LogP contribution < -0.4 is 9.64 Å². The summed E-state index contributed by atoms with van der Waals surface area (Å²) in [6.07, 6.45) is 1.56. The van der Waals surface area contributed by atoms with Gasteiger partial charge < -0.3 is 14.4 Å². The number of benzene rings is 2. The van der Waals surface area contributed by atoms with E-state index in [1.54, 1.807) is 18.3 Å². The molecule has 1 unspecified atom stereocenters. The Balaban J connectivity index is 1.57. The Kier molecular flexibility index (Phi) is 6.84. The molecule has 0 radical (unpaired) electrons. The zero-order valence-electron chi connectivity index (χ0n) is 21.7. The fourth-order valence-electron chi connectivity index (χ4n) is 5.06. The smallest absolute Gasteiger partial charge is 0.312 e. The number of rotatable bonds is 7. The number of thiophene rings is 1. The number of methoxy groups -OCH3 is 2. The maximum atomic E-state index is 14.3. The van der Waals surface area contributed by atoms with E-state index in [9.17, 15) is 14.3 Å². The summed E-state index contributed by atoms with van der Waals surface area (Å²) in [7, 11) is 1.28. The summed E-state index contributed by atoms with van der Waals surface area (Å²) in [6, 6.07) is 23.5. The van der Waals surface area contributed by atoms with Crippen molar-refractivity contribution in [3.8, 4) is 34.3 Å². The van der Waals surface area contributed by atoms with Crippen LogP contribution in [0.15, 0.2) is 83.2 Å². The number of ether oxygens (including phenoxy) is 2. The van der Waals surface area contributed by atoms with Crippen molar-refractivity contribution in [1.29, 1.82) is 5.26 Å². The molecular formula is C30H24N4O4S2. The van der Waals surface area contributed by atoms with Crippen molar-refractivity contribution in [2.45, 2.75) is 4.90 Å². The van der Waals surface area contributed by atoms with E-state index >= 15 is 0 Å². The normalized spacial score (nSPS) is 14.0. The van der Waals surface area contributed by atoms with Crippen LogP contribution in [0.5, 0.6) is 5.88 Å². The monoisotopic (exact) mass is 568 g/mol. The van der Waals surface area contributed by atoms with Gasteiger partial charge in [-0.15, -0.1) is 11.3 Å². The van der Waals surface area contributed by atoms with Gasteiger partial charge in [-0.3, -0.25) is 8.77 Å². The standard InChI is InChI=1S/C30H24N4O4S2/c1-37-27-11-10-22(16-32-27)40(36)34-25-9-4-3-8-23(25)28(24-12-13-39-26(24)15-31)29(34)19-6-5-7-21(14-19)33-17-20(18-33)30(35)38-2/h3-14,16,20H,17-18H2,1-2H3. The second kappa shape index (κ2) is 10.6. The van der Waals surface area contributed by atoms with E-state index in [1.807, 2.05) is 63.9 Å². The van der Waals surface area contributed by atoms with Crippen molar-refractivity contribution in [2.75, 3.05) is 32.2 Å². The third kappa shape index (κ3) is 4.33. The maximum absolute atomic E-state index is 14.3. The summed E-state index contributed by atoms with van der Waals surface area (Å²) < 4.78 is 26.2. The number of hydrogen-bond donors (Lipinski definition) is 0. The molecular weight excluding hydrogens is 544 g/mol. The topological polar surface area (TPSA) is 97.5 Å². The second-order valence-electron chi connectivity index (χ2n) is 9.27. The minimum Gasteiger partial charge on any atom is -0.481 e. The lowest BCUT2D eigenvalue weighted by atomic mass is 9.96. The molecule has 1 saturated heterocycles. The molecule has 4 heterocycles. The molecule has 0 N–H and O–H groups in total. The maximum Gasteiger partial charge on any atom is 0.312 e. The first-order valence-electron chi connectivity index (χ1n) is 12.5. The van der Waals surface area contributed by atoms with Crippen molar-refractivity contribution < 1.29 is 18.5 Å². The number of anilines is 1. The predicted molar refractivity (Wildman–Crippen MR) is 156 cm³/mol. The number of carbonyl (C=O) groups excluding carboxylic acids is 1. The molecule has 1 aliphatic heterocycles. The quantitative estimate of drug-likeness (QED) is 0.240. The van der Waals surface area contributed by atoms with E-state index < -0.39 is 11.0 Å². The van der Waals surface area contributed by atoms with Crippen LogP contribution in [0, 0.1) is 17.2 Å². The molecule has 40 heavy (non-hydrogen) atoms. The van der Waals surface area contributed by atoms with E-state index in [-0.39, 0.29) is 11.9 Å². The molecule has 5 aromatic rings. The van der Waals surface area contributed by atoms with Gasteiger partial charge >= 0.3 is 5.97 Å². The molecule has 0 bridgehead atoms. The average Bonchev–Trinajstić information content (AvgIpc) is 3.58. The number of aromatic nitrogens is 2. The highest BCUT2D eigenvalue weighted by molar-refractivity contribution is 7.83. The third-order valence-corrected chi connectivity index (χ3v) is 9.23. The first-order chi connectivity index (χ1) is 19.5. The van der Waals surface area contributed by atoms with Crippen LogP contribution >= 0.6 is 11.3 Å². The molecule has 2 aromatic carbocycles. The molecule has 1 fully saturated rings. The molecule has 0 amide bonds. The van der Waals surface area contributed by atoms with E-state index in [4.69, 9.17) is 9.47 Å². The molecule has 3 aromatic heterocycles. The number of nitriles is 1. The number of pyridine rings is 1. The first kappa shape index (κ1) is 25.8. The number of nitrogens with zero attached hydrogens (tertiary/aromatic N) is 4. The van der Waals surface area contributed by atoms with E-state index in [0.29, 0.717) is 28.7 Å². The Labute approximate surface area is 237 Å². The van der Waals surface area contributed by atoms with Crippen LogP contribution in [0.4, 0.5) is 5.69 Å². The number of carbonyl (C=O) groups is 1. The Hall–Kier alpha value is -4.46. The molecule has 1 atom stereocenters. The van der Waals surface area contributed by atoms with Gasteiger partial charge in [0.2, 0.25) is 5.88 Å². The Bertz CT molecular complexity index is 1800. The van der Waals surface area contributed by atoms with Crippen LogP contribution in [0.25, 0.3) is 33.3 Å². The van der Waals surface area contributed by atoms with Crippen molar-refractivity contribution in [1.82, 2.24) is 8.96 Å².